The summed E-state index contributed by atoms with van der Waals surface area (Å²) >= 11 is 0. The molecule has 248 valence electrons. The first-order valence-corrected chi connectivity index (χ1v) is 16.8. The van der Waals surface area contributed by atoms with Crippen molar-refractivity contribution in [3.8, 4) is 0 Å². The summed E-state index contributed by atoms with van der Waals surface area (Å²) < 4.78 is 27.7. The number of nitrogens with zero attached hydrogens (tertiary/aromatic N) is 1. The fourth-order valence-corrected chi connectivity index (χ4v) is 6.34. The quantitative estimate of drug-likeness (QED) is 0.291. The number of sulfonamides is 1. The van der Waals surface area contributed by atoms with Gasteiger partial charge in [-0.05, 0) is 56.8 Å². The van der Waals surface area contributed by atoms with Gasteiger partial charge in [-0.15, -0.1) is 0 Å². The van der Waals surface area contributed by atoms with Crippen molar-refractivity contribution >= 4 is 27.7 Å². The summed E-state index contributed by atoms with van der Waals surface area (Å²) in [4.78, 5) is 42.4. The molecule has 0 aliphatic carbocycles. The highest BCUT2D eigenvalue weighted by Gasteiger charge is 2.41. The first-order valence-electron chi connectivity index (χ1n) is 15.3. The Morgan fingerprint density at radius 2 is 1.47 bits per heavy atom. The number of aryl methyl sites for hydroxylation is 2. The first kappa shape index (κ1) is 37.7. The Morgan fingerprint density at radius 1 is 0.889 bits per heavy atom. The van der Waals surface area contributed by atoms with Gasteiger partial charge in [0.05, 0.1) is 17.0 Å². The van der Waals surface area contributed by atoms with Crippen LogP contribution in [0.2, 0.25) is 0 Å². The van der Waals surface area contributed by atoms with Crippen molar-refractivity contribution in [3.05, 3.63) is 76.9 Å². The molecule has 2 aromatic rings. The van der Waals surface area contributed by atoms with E-state index in [1.807, 2.05) is 80.5 Å². The fourth-order valence-electron chi connectivity index (χ4n) is 5.32. The zero-order valence-electron chi connectivity index (χ0n) is 28.9. The van der Waals surface area contributed by atoms with Crippen molar-refractivity contribution in [1.29, 1.82) is 0 Å². The molecule has 2 aromatic carbocycles. The van der Waals surface area contributed by atoms with E-state index in [9.17, 15) is 22.8 Å². The van der Waals surface area contributed by atoms with Gasteiger partial charge in [0.25, 0.3) is 15.9 Å². The molecule has 0 heterocycles. The minimum Gasteiger partial charge on any atom is -0.342 e. The summed E-state index contributed by atoms with van der Waals surface area (Å²) in [6, 6.07) is 12.1. The van der Waals surface area contributed by atoms with Gasteiger partial charge in [-0.1, -0.05) is 102 Å². The molecule has 45 heavy (non-hydrogen) atoms. The molecule has 0 radical (unpaired) electrons. The Balaban J connectivity index is 2.34. The second-order valence-corrected chi connectivity index (χ2v) is 15.6. The number of carbonyl (C=O) groups excluding carboxylic acids is 3. The fraction of sp³-hybridized carbons (Fsp3) is 0.514. The summed E-state index contributed by atoms with van der Waals surface area (Å²) in [7, 11) is -0.716. The molecule has 0 saturated heterocycles. The van der Waals surface area contributed by atoms with Crippen molar-refractivity contribution in [2.24, 2.45) is 11.3 Å². The Bertz CT molecular complexity index is 1510. The van der Waals surface area contributed by atoms with Crippen LogP contribution in [-0.2, 0) is 29.8 Å². The maximum absolute atomic E-state index is 14.1. The minimum absolute atomic E-state index is 0.0174. The van der Waals surface area contributed by atoms with Crippen LogP contribution < -0.4 is 15.4 Å². The summed E-state index contributed by atoms with van der Waals surface area (Å²) in [5.41, 5.74) is 1.89. The molecule has 0 saturated carbocycles. The molecule has 0 aliphatic heterocycles. The highest BCUT2D eigenvalue weighted by molar-refractivity contribution is 7.90. The van der Waals surface area contributed by atoms with E-state index in [4.69, 9.17) is 0 Å². The SMILES string of the molecule is CN[C@H](C(=O)N[C@H](C(=O)N(C)[C@H](/C=C(\C)C(=O)NS(=O)(=O)c1ccc(C)cc1)C(C)C)C(C)(C)C)C(C)(C)c1cccc(C)c1. The van der Waals surface area contributed by atoms with Crippen molar-refractivity contribution < 1.29 is 22.8 Å². The van der Waals surface area contributed by atoms with Crippen LogP contribution >= 0.6 is 0 Å². The van der Waals surface area contributed by atoms with Gasteiger partial charge in [-0.25, -0.2) is 13.1 Å². The van der Waals surface area contributed by atoms with Gasteiger partial charge < -0.3 is 15.5 Å². The van der Waals surface area contributed by atoms with E-state index in [2.05, 4.69) is 21.4 Å². The third-order valence-corrected chi connectivity index (χ3v) is 9.60. The molecule has 9 nitrogen and oxygen atoms in total. The lowest BCUT2D eigenvalue weighted by molar-refractivity contribution is -0.140. The largest absolute Gasteiger partial charge is 0.342 e. The molecule has 0 aromatic heterocycles. The zero-order chi connectivity index (χ0) is 34.5. The van der Waals surface area contributed by atoms with Crippen LogP contribution in [0.4, 0.5) is 0 Å². The third kappa shape index (κ3) is 9.50. The monoisotopic (exact) mass is 640 g/mol. The van der Waals surface area contributed by atoms with Gasteiger partial charge >= 0.3 is 0 Å². The molecular formula is C35H52N4O5S. The second-order valence-electron chi connectivity index (χ2n) is 13.9. The van der Waals surface area contributed by atoms with E-state index in [1.165, 1.54) is 24.0 Å². The number of benzene rings is 2. The van der Waals surface area contributed by atoms with E-state index < -0.39 is 44.9 Å². The lowest BCUT2D eigenvalue weighted by Crippen LogP contribution is -2.61. The molecule has 3 N–H and O–H groups in total. The van der Waals surface area contributed by atoms with Crippen LogP contribution in [0.15, 0.2) is 65.1 Å². The van der Waals surface area contributed by atoms with E-state index in [0.29, 0.717) is 0 Å². The topological polar surface area (TPSA) is 125 Å². The zero-order valence-corrected chi connectivity index (χ0v) is 29.7. The summed E-state index contributed by atoms with van der Waals surface area (Å²) in [6.07, 6.45) is 1.60. The number of hydrogen-bond acceptors (Lipinski definition) is 6. The minimum atomic E-state index is -4.08. The molecule has 0 unspecified atom stereocenters. The highest BCUT2D eigenvalue weighted by Crippen LogP contribution is 2.29. The number of likely N-dealkylation sites (N-methyl/N-ethyl adjacent to an activating group) is 2. The number of carbonyl (C=O) groups is 3. The second kappa shape index (κ2) is 14.7. The first-order chi connectivity index (χ1) is 20.6. The maximum Gasteiger partial charge on any atom is 0.264 e. The average Bonchev–Trinajstić information content (AvgIpc) is 2.93. The Morgan fingerprint density at radius 3 is 1.96 bits per heavy atom. The highest BCUT2D eigenvalue weighted by atomic mass is 32.2. The van der Waals surface area contributed by atoms with Gasteiger partial charge in [-0.3, -0.25) is 14.4 Å². The van der Waals surface area contributed by atoms with E-state index >= 15 is 0 Å². The molecular weight excluding hydrogens is 588 g/mol. The smallest absolute Gasteiger partial charge is 0.264 e. The van der Waals surface area contributed by atoms with Gasteiger partial charge in [0.1, 0.15) is 6.04 Å². The van der Waals surface area contributed by atoms with Crippen molar-refractivity contribution in [3.63, 3.8) is 0 Å². The molecule has 2 rings (SSSR count). The third-order valence-electron chi connectivity index (χ3n) is 8.25. The molecule has 3 amide bonds. The number of nitrogens with one attached hydrogen (secondary N) is 3. The van der Waals surface area contributed by atoms with Gasteiger partial charge in [0.15, 0.2) is 0 Å². The average molecular weight is 641 g/mol. The molecule has 3 atom stereocenters. The summed E-state index contributed by atoms with van der Waals surface area (Å²) in [6.45, 7) is 18.8. The lowest BCUT2D eigenvalue weighted by atomic mass is 9.76. The Labute approximate surface area is 270 Å². The normalized spacial score (nSPS) is 14.8. The van der Waals surface area contributed by atoms with Crippen LogP contribution in [-0.4, -0.2) is 63.3 Å². The van der Waals surface area contributed by atoms with Gasteiger partial charge in [0.2, 0.25) is 11.8 Å². The van der Waals surface area contributed by atoms with Gasteiger partial charge in [0, 0.05) is 18.0 Å². The van der Waals surface area contributed by atoms with Crippen molar-refractivity contribution in [1.82, 2.24) is 20.3 Å². The van der Waals surface area contributed by atoms with E-state index in [1.54, 1.807) is 32.3 Å². The lowest BCUT2D eigenvalue weighted by Gasteiger charge is -2.40. The predicted molar refractivity (Wildman–Crippen MR) is 180 cm³/mol. The Kier molecular flexibility index (Phi) is 12.3. The van der Waals surface area contributed by atoms with Crippen LogP contribution in [0.1, 0.15) is 72.1 Å². The van der Waals surface area contributed by atoms with Gasteiger partial charge in [-0.2, -0.15) is 0 Å². The summed E-state index contributed by atoms with van der Waals surface area (Å²) in [5.74, 6) is -1.54. The Hall–Kier alpha value is -3.50. The molecule has 0 bridgehead atoms. The molecule has 0 aliphatic rings. The van der Waals surface area contributed by atoms with E-state index in [-0.39, 0.29) is 28.2 Å². The number of hydrogen-bond donors (Lipinski definition) is 3. The molecule has 0 spiro atoms. The number of rotatable bonds is 12. The molecule has 0 fully saturated rings. The van der Waals surface area contributed by atoms with Crippen molar-refractivity contribution in [2.75, 3.05) is 14.1 Å². The van der Waals surface area contributed by atoms with Crippen LogP contribution in [0.5, 0.6) is 0 Å². The summed E-state index contributed by atoms with van der Waals surface area (Å²) in [5, 5.41) is 6.19. The van der Waals surface area contributed by atoms with Crippen LogP contribution in [0.25, 0.3) is 0 Å². The van der Waals surface area contributed by atoms with Crippen LogP contribution in [0.3, 0.4) is 0 Å². The predicted octanol–water partition coefficient (Wildman–Crippen LogP) is 4.63. The van der Waals surface area contributed by atoms with Crippen molar-refractivity contribution in [2.45, 2.75) is 97.7 Å². The standard InChI is InChI=1S/C35H52N4O5S/c1-22(2)28(21-25(5)31(40)38-45(43,44)27-18-16-23(3)17-19-27)39(12)33(42)30(34(6,7)8)37-32(41)29(36-11)35(9,10)26-15-13-14-24(4)20-26/h13-22,28-30,36H,1-12H3,(H,37,41)(H,38,40)/b25-21+/t28-,29-,30-/m1/s1. The number of amides is 3. The van der Waals surface area contributed by atoms with E-state index in [0.717, 1.165) is 16.7 Å². The molecule has 10 heteroatoms. The van der Waals surface area contributed by atoms with Crippen LogP contribution in [0, 0.1) is 25.2 Å². The maximum atomic E-state index is 14.1.